The van der Waals surface area contributed by atoms with Gasteiger partial charge in [0.05, 0.1) is 4.92 Å². The molecule has 23 heavy (non-hydrogen) atoms. The van der Waals surface area contributed by atoms with Crippen LogP contribution in [-0.4, -0.2) is 16.9 Å². The van der Waals surface area contributed by atoms with Crippen molar-refractivity contribution < 1.29 is 18.9 Å². The summed E-state index contributed by atoms with van der Waals surface area (Å²) in [5.74, 6) is 0.433. The number of carbonyl (C=O) groups excluding carboxylic acids is 1. The fourth-order valence-corrected chi connectivity index (χ4v) is 1.95. The number of nitrogens with zero attached hydrogens (tertiary/aromatic N) is 1. The predicted octanol–water partition coefficient (Wildman–Crippen LogP) is 3.21. The van der Waals surface area contributed by atoms with E-state index in [1.807, 2.05) is 13.8 Å². The quantitative estimate of drug-likeness (QED) is 0.652. The first-order valence-corrected chi connectivity index (χ1v) is 7.14. The van der Waals surface area contributed by atoms with Crippen LogP contribution in [-0.2, 0) is 6.61 Å². The minimum Gasteiger partial charge on any atom is -0.479 e. The van der Waals surface area contributed by atoms with Crippen molar-refractivity contribution in [3.05, 3.63) is 57.5 Å². The molecule has 0 saturated heterocycles. The van der Waals surface area contributed by atoms with Crippen molar-refractivity contribution in [1.82, 2.24) is 5.32 Å². The molecule has 0 aliphatic carbocycles. The third kappa shape index (κ3) is 4.32. The van der Waals surface area contributed by atoms with Crippen LogP contribution in [0, 0.1) is 17.0 Å². The molecule has 0 unspecified atom stereocenters. The lowest BCUT2D eigenvalue weighted by Gasteiger charge is -2.06. The van der Waals surface area contributed by atoms with Crippen LogP contribution in [0.4, 0.5) is 5.69 Å². The number of benzene rings is 1. The molecular weight excluding hydrogens is 300 g/mol. The molecule has 2 rings (SSSR count). The Morgan fingerprint density at radius 1 is 1.35 bits per heavy atom. The number of nitrogens with one attached hydrogen (secondary N) is 1. The molecule has 0 bridgehead atoms. The van der Waals surface area contributed by atoms with Crippen molar-refractivity contribution in [2.75, 3.05) is 0 Å². The smallest absolute Gasteiger partial charge is 0.311 e. The molecule has 2 aromatic rings. The maximum atomic E-state index is 11.8. The van der Waals surface area contributed by atoms with E-state index >= 15 is 0 Å². The van der Waals surface area contributed by atoms with Gasteiger partial charge in [-0.05, 0) is 44.5 Å². The zero-order valence-corrected chi connectivity index (χ0v) is 13.2. The molecule has 0 saturated carbocycles. The number of aryl methyl sites for hydroxylation is 1. The second-order valence-electron chi connectivity index (χ2n) is 5.41. The number of hydrogen-bond donors (Lipinski definition) is 1. The van der Waals surface area contributed by atoms with Crippen LogP contribution in [0.1, 0.15) is 35.7 Å². The molecule has 7 nitrogen and oxygen atoms in total. The van der Waals surface area contributed by atoms with Gasteiger partial charge in [-0.1, -0.05) is 6.07 Å². The van der Waals surface area contributed by atoms with Crippen molar-refractivity contribution in [2.24, 2.45) is 0 Å². The number of nitro groups is 1. The molecule has 1 heterocycles. The third-order valence-corrected chi connectivity index (χ3v) is 2.99. The van der Waals surface area contributed by atoms with Gasteiger partial charge >= 0.3 is 5.69 Å². The van der Waals surface area contributed by atoms with E-state index in [0.29, 0.717) is 5.76 Å². The number of amides is 1. The van der Waals surface area contributed by atoms with Crippen molar-refractivity contribution in [3.8, 4) is 5.75 Å². The van der Waals surface area contributed by atoms with Gasteiger partial charge in [0.25, 0.3) is 5.91 Å². The molecule has 0 radical (unpaired) electrons. The Balaban J connectivity index is 2.06. The largest absolute Gasteiger partial charge is 0.479 e. The van der Waals surface area contributed by atoms with Crippen LogP contribution in [0.25, 0.3) is 0 Å². The maximum absolute atomic E-state index is 11.8. The van der Waals surface area contributed by atoms with Gasteiger partial charge in [-0.15, -0.1) is 0 Å². The second kappa shape index (κ2) is 6.95. The Kier molecular flexibility index (Phi) is 5.00. The molecule has 1 N–H and O–H groups in total. The van der Waals surface area contributed by atoms with E-state index in [0.717, 1.165) is 5.56 Å². The van der Waals surface area contributed by atoms with Crippen molar-refractivity contribution in [1.29, 1.82) is 0 Å². The number of ether oxygens (including phenoxy) is 1. The van der Waals surface area contributed by atoms with Crippen LogP contribution < -0.4 is 10.1 Å². The van der Waals surface area contributed by atoms with Gasteiger partial charge in [0.1, 0.15) is 12.4 Å². The molecule has 0 aliphatic rings. The van der Waals surface area contributed by atoms with Gasteiger partial charge in [-0.2, -0.15) is 0 Å². The van der Waals surface area contributed by atoms with Crippen LogP contribution >= 0.6 is 0 Å². The van der Waals surface area contributed by atoms with E-state index in [-0.39, 0.29) is 35.8 Å². The summed E-state index contributed by atoms with van der Waals surface area (Å²) in [7, 11) is 0. The lowest BCUT2D eigenvalue weighted by Crippen LogP contribution is -2.29. The first kappa shape index (κ1) is 16.5. The number of furan rings is 1. The zero-order valence-electron chi connectivity index (χ0n) is 13.2. The molecule has 0 fully saturated rings. The summed E-state index contributed by atoms with van der Waals surface area (Å²) in [5.41, 5.74) is 0.670. The van der Waals surface area contributed by atoms with E-state index in [1.165, 1.54) is 6.07 Å². The molecule has 1 amide bonds. The first-order valence-electron chi connectivity index (χ1n) is 7.14. The van der Waals surface area contributed by atoms with E-state index in [1.54, 1.807) is 31.2 Å². The summed E-state index contributed by atoms with van der Waals surface area (Å²) in [6.45, 7) is 5.46. The molecule has 0 spiro atoms. The van der Waals surface area contributed by atoms with Gasteiger partial charge in [0.2, 0.25) is 0 Å². The zero-order chi connectivity index (χ0) is 17.0. The van der Waals surface area contributed by atoms with Gasteiger partial charge in [0, 0.05) is 12.1 Å². The third-order valence-electron chi connectivity index (χ3n) is 2.99. The Morgan fingerprint density at radius 3 is 2.74 bits per heavy atom. The van der Waals surface area contributed by atoms with Crippen molar-refractivity contribution >= 4 is 11.6 Å². The van der Waals surface area contributed by atoms with Gasteiger partial charge in [-0.3, -0.25) is 14.9 Å². The van der Waals surface area contributed by atoms with E-state index in [4.69, 9.17) is 9.15 Å². The first-order chi connectivity index (χ1) is 10.9. The Hall–Kier alpha value is -2.83. The SMILES string of the molecule is Cc1ccc(OCc2ccc(C(=O)NC(C)C)o2)c([N+](=O)[O-])c1. The van der Waals surface area contributed by atoms with Crippen molar-refractivity contribution in [3.63, 3.8) is 0 Å². The molecule has 1 aromatic carbocycles. The van der Waals surface area contributed by atoms with E-state index < -0.39 is 4.92 Å². The van der Waals surface area contributed by atoms with Gasteiger partial charge < -0.3 is 14.5 Å². The van der Waals surface area contributed by atoms with E-state index in [9.17, 15) is 14.9 Å². The molecular formula is C16H18N2O5. The summed E-state index contributed by atoms with van der Waals surface area (Å²) in [4.78, 5) is 22.3. The van der Waals surface area contributed by atoms with Crippen LogP contribution in [0.3, 0.4) is 0 Å². The molecule has 0 aliphatic heterocycles. The molecule has 0 atom stereocenters. The topological polar surface area (TPSA) is 94.6 Å². The number of rotatable bonds is 6. The van der Waals surface area contributed by atoms with E-state index in [2.05, 4.69) is 5.32 Å². The monoisotopic (exact) mass is 318 g/mol. The molecule has 1 aromatic heterocycles. The highest BCUT2D eigenvalue weighted by molar-refractivity contribution is 5.91. The summed E-state index contributed by atoms with van der Waals surface area (Å²) in [5, 5.41) is 13.7. The Bertz CT molecular complexity index is 721. The molecule has 7 heteroatoms. The van der Waals surface area contributed by atoms with Crippen LogP contribution in [0.15, 0.2) is 34.7 Å². The lowest BCUT2D eigenvalue weighted by atomic mass is 10.2. The fraction of sp³-hybridized carbons (Fsp3) is 0.312. The highest BCUT2D eigenvalue weighted by Crippen LogP contribution is 2.28. The van der Waals surface area contributed by atoms with Crippen LogP contribution in [0.2, 0.25) is 0 Å². The average molecular weight is 318 g/mol. The minimum atomic E-state index is -0.494. The number of carbonyl (C=O) groups is 1. The molecule has 122 valence electrons. The van der Waals surface area contributed by atoms with Crippen molar-refractivity contribution in [2.45, 2.75) is 33.4 Å². The normalized spacial score (nSPS) is 10.6. The minimum absolute atomic E-state index is 0.00113. The number of hydrogen-bond acceptors (Lipinski definition) is 5. The maximum Gasteiger partial charge on any atom is 0.311 e. The highest BCUT2D eigenvalue weighted by atomic mass is 16.6. The standard InChI is InChI=1S/C16H18N2O5/c1-10(2)17-16(19)15-7-5-12(23-15)9-22-14-6-4-11(3)8-13(14)18(20)21/h4-8,10H,9H2,1-3H3,(H,17,19). The average Bonchev–Trinajstić information content (AvgIpc) is 2.94. The van der Waals surface area contributed by atoms with Gasteiger partial charge in [-0.25, -0.2) is 0 Å². The fourth-order valence-electron chi connectivity index (χ4n) is 1.95. The lowest BCUT2D eigenvalue weighted by molar-refractivity contribution is -0.386. The summed E-state index contributed by atoms with van der Waals surface area (Å²) >= 11 is 0. The Labute approximate surface area is 133 Å². The van der Waals surface area contributed by atoms with Crippen LogP contribution in [0.5, 0.6) is 5.75 Å². The number of nitro benzene ring substituents is 1. The summed E-state index contributed by atoms with van der Waals surface area (Å²) < 4.78 is 10.8. The highest BCUT2D eigenvalue weighted by Gasteiger charge is 2.17. The summed E-state index contributed by atoms with van der Waals surface area (Å²) in [6.07, 6.45) is 0. The Morgan fingerprint density at radius 2 is 2.09 bits per heavy atom. The predicted molar refractivity (Wildman–Crippen MR) is 83.5 cm³/mol. The summed E-state index contributed by atoms with van der Waals surface area (Å²) in [6, 6.07) is 7.87. The van der Waals surface area contributed by atoms with Gasteiger partial charge in [0.15, 0.2) is 11.5 Å². The second-order valence-corrected chi connectivity index (χ2v) is 5.41.